The van der Waals surface area contributed by atoms with E-state index in [4.69, 9.17) is 24.3 Å². The quantitative estimate of drug-likeness (QED) is 0.275. The number of rotatable bonds is 4. The number of hydrogen-bond acceptors (Lipinski definition) is 7. The molecule has 40 heavy (non-hydrogen) atoms. The number of ether oxygens (including phenoxy) is 3. The third-order valence-corrected chi connectivity index (χ3v) is 7.83. The van der Waals surface area contributed by atoms with Gasteiger partial charge >= 0.3 is 0 Å². The highest BCUT2D eigenvalue weighted by molar-refractivity contribution is 6.01. The first-order valence-corrected chi connectivity index (χ1v) is 13.3. The third kappa shape index (κ3) is 3.74. The third-order valence-electron chi connectivity index (χ3n) is 7.83. The topological polar surface area (TPSA) is 87.8 Å². The van der Waals surface area contributed by atoms with Gasteiger partial charge in [-0.05, 0) is 33.9 Å². The Kier molecular flexibility index (Phi) is 5.42. The number of methoxy groups -OCH3 is 2. The fourth-order valence-corrected chi connectivity index (χ4v) is 6.05. The van der Waals surface area contributed by atoms with Crippen molar-refractivity contribution in [2.75, 3.05) is 14.2 Å². The van der Waals surface area contributed by atoms with Crippen LogP contribution in [0.25, 0.3) is 27.8 Å². The minimum atomic E-state index is -0.456. The molecule has 1 aliphatic heterocycles. The van der Waals surface area contributed by atoms with E-state index in [9.17, 15) is 4.79 Å². The van der Waals surface area contributed by atoms with Gasteiger partial charge < -0.3 is 14.2 Å². The van der Waals surface area contributed by atoms with Crippen molar-refractivity contribution < 1.29 is 19.0 Å². The molecule has 2 aromatic heterocycles. The van der Waals surface area contributed by atoms with E-state index in [1.54, 1.807) is 25.1 Å². The molecule has 1 aliphatic carbocycles. The second-order valence-electron chi connectivity index (χ2n) is 11.1. The Bertz CT molecular complexity index is 1860. The first kappa shape index (κ1) is 24.3. The molecule has 0 spiro atoms. The minimum absolute atomic E-state index is 0.0625. The lowest BCUT2D eigenvalue weighted by Gasteiger charge is -2.37. The molecule has 3 heterocycles. The number of aromatic nitrogens is 4. The highest BCUT2D eigenvalue weighted by atomic mass is 16.5. The summed E-state index contributed by atoms with van der Waals surface area (Å²) in [4.78, 5) is 23.5. The summed E-state index contributed by atoms with van der Waals surface area (Å²) in [6, 6.07) is 20.0. The van der Waals surface area contributed by atoms with Crippen LogP contribution in [0.4, 0.5) is 0 Å². The van der Waals surface area contributed by atoms with Crippen molar-refractivity contribution in [3.63, 3.8) is 0 Å². The number of allylic oxidation sites excluding steroid dienone is 2. The van der Waals surface area contributed by atoms with E-state index < -0.39 is 5.92 Å². The van der Waals surface area contributed by atoms with Gasteiger partial charge in [-0.25, -0.2) is 14.5 Å². The molecule has 0 bridgehead atoms. The molecule has 8 heteroatoms. The molecule has 5 aromatic rings. The van der Waals surface area contributed by atoms with Gasteiger partial charge in [-0.3, -0.25) is 4.79 Å². The molecule has 1 unspecified atom stereocenters. The smallest absolute Gasteiger partial charge is 0.228 e. The van der Waals surface area contributed by atoms with E-state index in [2.05, 4.69) is 37.0 Å². The largest absolute Gasteiger partial charge is 0.493 e. The van der Waals surface area contributed by atoms with Gasteiger partial charge in [0.1, 0.15) is 12.1 Å². The Labute approximate surface area is 231 Å². The van der Waals surface area contributed by atoms with Crippen LogP contribution in [0.2, 0.25) is 0 Å². The van der Waals surface area contributed by atoms with E-state index in [1.165, 1.54) is 0 Å². The maximum atomic E-state index is 13.8. The highest BCUT2D eigenvalue weighted by Gasteiger charge is 2.44. The second-order valence-corrected chi connectivity index (χ2v) is 11.1. The summed E-state index contributed by atoms with van der Waals surface area (Å²) < 4.78 is 19.2. The maximum absolute atomic E-state index is 13.8. The van der Waals surface area contributed by atoms with Gasteiger partial charge in [-0.2, -0.15) is 0 Å². The van der Waals surface area contributed by atoms with Crippen molar-refractivity contribution in [2.45, 2.75) is 32.6 Å². The van der Waals surface area contributed by atoms with E-state index in [1.807, 2.05) is 42.5 Å². The Hall–Kier alpha value is -4.72. The lowest BCUT2D eigenvalue weighted by Crippen LogP contribution is -2.33. The van der Waals surface area contributed by atoms with Crippen LogP contribution in [0, 0.1) is 5.41 Å². The van der Waals surface area contributed by atoms with Crippen molar-refractivity contribution in [3.05, 3.63) is 89.5 Å². The molecular formula is C32H28N4O4. The van der Waals surface area contributed by atoms with Crippen molar-refractivity contribution in [1.29, 1.82) is 0 Å². The molecule has 200 valence electrons. The number of Topliss-reactive ketones (excluding diaryl/α,β-unsaturated/α-hetero) is 1. The molecule has 0 fully saturated rings. The maximum Gasteiger partial charge on any atom is 0.228 e. The number of fused-ring (bicyclic) bond motifs is 4. The van der Waals surface area contributed by atoms with E-state index >= 15 is 0 Å². The summed E-state index contributed by atoms with van der Waals surface area (Å²) in [5.74, 6) is 2.48. The summed E-state index contributed by atoms with van der Waals surface area (Å²) in [5, 5.41) is 6.99. The van der Waals surface area contributed by atoms with Crippen LogP contribution in [-0.2, 0) is 4.79 Å². The summed E-state index contributed by atoms with van der Waals surface area (Å²) in [5.41, 5.74) is 3.52. The van der Waals surface area contributed by atoms with E-state index in [-0.39, 0.29) is 11.2 Å². The molecule has 0 N–H and O–H groups in total. The van der Waals surface area contributed by atoms with E-state index in [0.717, 1.165) is 21.9 Å². The summed E-state index contributed by atoms with van der Waals surface area (Å²) in [6.45, 7) is 4.18. The molecule has 7 rings (SSSR count). The van der Waals surface area contributed by atoms with Gasteiger partial charge in [0.2, 0.25) is 5.88 Å². The fraction of sp³-hybridized carbons (Fsp3) is 0.250. The highest BCUT2D eigenvalue weighted by Crippen LogP contribution is 2.51. The second kappa shape index (κ2) is 8.91. The zero-order valence-corrected chi connectivity index (χ0v) is 22.8. The predicted molar refractivity (Wildman–Crippen MR) is 151 cm³/mol. The average molecular weight is 533 g/mol. The molecule has 0 saturated heterocycles. The van der Waals surface area contributed by atoms with Gasteiger partial charge in [-0.15, -0.1) is 5.10 Å². The van der Waals surface area contributed by atoms with Crippen LogP contribution < -0.4 is 14.2 Å². The van der Waals surface area contributed by atoms with Gasteiger partial charge in [0.15, 0.2) is 28.8 Å². The number of hydrogen-bond donors (Lipinski definition) is 0. The van der Waals surface area contributed by atoms with Crippen LogP contribution in [0.3, 0.4) is 0 Å². The lowest BCUT2D eigenvalue weighted by molar-refractivity contribution is -0.118. The van der Waals surface area contributed by atoms with Crippen molar-refractivity contribution in [3.8, 4) is 28.8 Å². The Balaban J connectivity index is 1.48. The zero-order chi connectivity index (χ0) is 27.6. The lowest BCUT2D eigenvalue weighted by atomic mass is 9.70. The predicted octanol–water partition coefficient (Wildman–Crippen LogP) is 6.13. The van der Waals surface area contributed by atoms with Crippen LogP contribution in [0.5, 0.6) is 17.4 Å². The Morgan fingerprint density at radius 1 is 0.975 bits per heavy atom. The number of benzene rings is 3. The average Bonchev–Trinajstić information content (AvgIpc) is 3.39. The Morgan fingerprint density at radius 2 is 1.77 bits per heavy atom. The number of nitrogens with zero attached hydrogens (tertiary/aromatic N) is 4. The fourth-order valence-electron chi connectivity index (χ4n) is 6.05. The first-order valence-electron chi connectivity index (χ1n) is 13.3. The minimum Gasteiger partial charge on any atom is -0.493 e. The normalized spacial score (nSPS) is 17.9. The van der Waals surface area contributed by atoms with Crippen LogP contribution >= 0.6 is 0 Å². The van der Waals surface area contributed by atoms with Gasteiger partial charge in [0.05, 0.1) is 25.7 Å². The summed E-state index contributed by atoms with van der Waals surface area (Å²) in [7, 11) is 3.21. The Morgan fingerprint density at radius 3 is 2.60 bits per heavy atom. The summed E-state index contributed by atoms with van der Waals surface area (Å²) >= 11 is 0. The molecule has 0 radical (unpaired) electrons. The van der Waals surface area contributed by atoms with Crippen molar-refractivity contribution in [2.24, 2.45) is 5.41 Å². The van der Waals surface area contributed by atoms with Crippen LogP contribution in [0.15, 0.2) is 78.3 Å². The van der Waals surface area contributed by atoms with Crippen molar-refractivity contribution in [1.82, 2.24) is 19.6 Å². The van der Waals surface area contributed by atoms with Crippen LogP contribution in [-0.4, -0.2) is 39.6 Å². The number of carbonyl (C=O) groups excluding carboxylic acids is 1. The first-order chi connectivity index (χ1) is 19.4. The molecule has 8 nitrogen and oxygen atoms in total. The van der Waals surface area contributed by atoms with Gasteiger partial charge in [0, 0.05) is 24.0 Å². The SMILES string of the molecule is COc1ccc(C2C3=C(CC(C)(C)CC3=O)Oc3ncn4nc(-c5cccc6ccccc56)nc4c32)cc1OC. The molecule has 3 aromatic carbocycles. The summed E-state index contributed by atoms with van der Waals surface area (Å²) in [6.07, 6.45) is 2.69. The van der Waals surface area contributed by atoms with Gasteiger partial charge in [-0.1, -0.05) is 62.4 Å². The van der Waals surface area contributed by atoms with E-state index in [0.29, 0.717) is 58.6 Å². The molecule has 0 saturated carbocycles. The van der Waals surface area contributed by atoms with Crippen LogP contribution in [0.1, 0.15) is 43.7 Å². The monoisotopic (exact) mass is 532 g/mol. The van der Waals surface area contributed by atoms with Crippen molar-refractivity contribution >= 4 is 22.2 Å². The van der Waals surface area contributed by atoms with Gasteiger partial charge in [0.25, 0.3) is 0 Å². The number of ketones is 1. The molecule has 2 aliphatic rings. The molecule has 0 amide bonds. The number of carbonyl (C=O) groups is 1. The standard InChI is InChI=1S/C32H28N4O4/c1-32(2)15-22(37)27-25(16-32)40-31-28(26(27)19-12-13-23(38-3)24(14-19)39-4)30-34-29(35-36(30)17-33-31)21-11-7-9-18-8-5-6-10-20(18)21/h5-14,17,26H,15-16H2,1-4H3. The zero-order valence-electron chi connectivity index (χ0n) is 22.8. The molecule has 1 atom stereocenters. The molecular weight excluding hydrogens is 504 g/mol.